The monoisotopic (exact) mass is 364 g/mol. The van der Waals surface area contributed by atoms with E-state index in [9.17, 15) is 9.59 Å². The van der Waals surface area contributed by atoms with Gasteiger partial charge in [-0.3, -0.25) is 9.59 Å². The topological polar surface area (TPSA) is 67.9 Å². The first kappa shape index (κ1) is 21.8. The van der Waals surface area contributed by atoms with Crippen molar-refractivity contribution in [3.05, 3.63) is 23.8 Å². The van der Waals surface area contributed by atoms with E-state index in [1.54, 1.807) is 19.1 Å². The number of nitrogens with one attached hydrogen (secondary N) is 1. The van der Waals surface area contributed by atoms with E-state index in [0.29, 0.717) is 50.4 Å². The van der Waals surface area contributed by atoms with E-state index in [2.05, 4.69) is 5.32 Å². The predicted molar refractivity (Wildman–Crippen MR) is 103 cm³/mol. The van der Waals surface area contributed by atoms with Crippen LogP contribution < -0.4 is 14.8 Å². The zero-order chi connectivity index (χ0) is 19.5. The van der Waals surface area contributed by atoms with Crippen LogP contribution in [0.4, 0.5) is 0 Å². The minimum absolute atomic E-state index is 0.0228. The van der Waals surface area contributed by atoms with Crippen LogP contribution in [0.15, 0.2) is 18.2 Å². The molecule has 1 aromatic rings. The Kier molecular flexibility index (Phi) is 9.55. The smallest absolute Gasteiger partial charge is 0.222 e. The Hall–Kier alpha value is -2.24. The summed E-state index contributed by atoms with van der Waals surface area (Å²) in [6.45, 7) is 7.83. The van der Waals surface area contributed by atoms with Gasteiger partial charge in [-0.25, -0.2) is 0 Å². The van der Waals surface area contributed by atoms with Crippen molar-refractivity contribution < 1.29 is 19.1 Å². The summed E-state index contributed by atoms with van der Waals surface area (Å²) in [6, 6.07) is 5.73. The average molecular weight is 364 g/mol. The summed E-state index contributed by atoms with van der Waals surface area (Å²) in [5.41, 5.74) is 1.06. The second-order valence-corrected chi connectivity index (χ2v) is 6.37. The van der Waals surface area contributed by atoms with E-state index in [-0.39, 0.29) is 17.7 Å². The molecule has 26 heavy (non-hydrogen) atoms. The van der Waals surface area contributed by atoms with Gasteiger partial charge in [0, 0.05) is 32.5 Å². The maximum atomic E-state index is 12.1. The number of hydrogen-bond donors (Lipinski definition) is 1. The van der Waals surface area contributed by atoms with Gasteiger partial charge in [0.1, 0.15) is 0 Å². The summed E-state index contributed by atoms with van der Waals surface area (Å²) in [6.07, 6.45) is 1.47. The molecule has 1 N–H and O–H groups in total. The van der Waals surface area contributed by atoms with Crippen molar-refractivity contribution >= 4 is 11.8 Å². The van der Waals surface area contributed by atoms with Gasteiger partial charge in [-0.1, -0.05) is 13.0 Å². The summed E-state index contributed by atoms with van der Waals surface area (Å²) < 4.78 is 10.5. The van der Waals surface area contributed by atoms with Crippen molar-refractivity contribution in [3.8, 4) is 11.5 Å². The molecule has 0 fully saturated rings. The highest BCUT2D eigenvalue weighted by molar-refractivity contribution is 5.79. The summed E-state index contributed by atoms with van der Waals surface area (Å²) in [5, 5.41) is 2.92. The molecule has 0 aliphatic rings. The van der Waals surface area contributed by atoms with Crippen LogP contribution in [0.5, 0.6) is 11.5 Å². The third kappa shape index (κ3) is 6.94. The summed E-state index contributed by atoms with van der Waals surface area (Å²) in [4.78, 5) is 26.0. The van der Waals surface area contributed by atoms with Crippen molar-refractivity contribution in [2.45, 2.75) is 40.0 Å². The van der Waals surface area contributed by atoms with Crippen molar-refractivity contribution in [1.29, 1.82) is 0 Å². The highest BCUT2D eigenvalue weighted by atomic mass is 16.5. The Morgan fingerprint density at radius 3 is 2.31 bits per heavy atom. The molecule has 0 saturated carbocycles. The fourth-order valence-electron chi connectivity index (χ4n) is 2.85. The first-order valence-electron chi connectivity index (χ1n) is 9.20. The van der Waals surface area contributed by atoms with Crippen molar-refractivity contribution in [1.82, 2.24) is 10.2 Å². The molecule has 0 aliphatic heterocycles. The van der Waals surface area contributed by atoms with Crippen molar-refractivity contribution in [3.63, 3.8) is 0 Å². The zero-order valence-corrected chi connectivity index (χ0v) is 16.6. The summed E-state index contributed by atoms with van der Waals surface area (Å²) in [7, 11) is 3.20. The fourth-order valence-corrected chi connectivity index (χ4v) is 2.85. The van der Waals surface area contributed by atoms with Crippen LogP contribution >= 0.6 is 0 Å². The lowest BCUT2D eigenvalue weighted by Gasteiger charge is -2.20. The number of rotatable bonds is 11. The predicted octanol–water partition coefficient (Wildman–Crippen LogP) is 2.65. The molecule has 1 aromatic carbocycles. The highest BCUT2D eigenvalue weighted by Gasteiger charge is 2.16. The molecule has 0 unspecified atom stereocenters. The lowest BCUT2D eigenvalue weighted by atomic mass is 10.0. The number of methoxy groups -OCH3 is 2. The Morgan fingerprint density at radius 1 is 1.08 bits per heavy atom. The maximum Gasteiger partial charge on any atom is 0.222 e. The van der Waals surface area contributed by atoms with E-state index < -0.39 is 0 Å². The minimum atomic E-state index is -0.0228. The molecule has 2 amide bonds. The minimum Gasteiger partial charge on any atom is -0.493 e. The van der Waals surface area contributed by atoms with E-state index >= 15 is 0 Å². The van der Waals surface area contributed by atoms with Crippen LogP contribution in [0.25, 0.3) is 0 Å². The first-order chi connectivity index (χ1) is 12.4. The number of nitrogens with zero attached hydrogens (tertiary/aromatic N) is 1. The lowest BCUT2D eigenvalue weighted by molar-refractivity contribution is -0.132. The Labute approximate surface area is 156 Å². The number of carbonyl (C=O) groups excluding carboxylic acids is 2. The molecule has 6 heteroatoms. The summed E-state index contributed by atoms with van der Waals surface area (Å²) >= 11 is 0. The number of amides is 2. The van der Waals surface area contributed by atoms with E-state index in [4.69, 9.17) is 9.47 Å². The first-order valence-corrected chi connectivity index (χ1v) is 9.20. The molecule has 0 heterocycles. The maximum absolute atomic E-state index is 12.1. The largest absolute Gasteiger partial charge is 0.493 e. The average Bonchev–Trinajstić information content (AvgIpc) is 2.62. The Balaban J connectivity index is 2.39. The van der Waals surface area contributed by atoms with Crippen LogP contribution in [0, 0.1) is 5.92 Å². The molecular formula is C20H32N2O4. The molecule has 6 nitrogen and oxygen atoms in total. The second-order valence-electron chi connectivity index (χ2n) is 6.37. The van der Waals surface area contributed by atoms with Gasteiger partial charge in [0.2, 0.25) is 11.8 Å². The van der Waals surface area contributed by atoms with Crippen LogP contribution in [0.2, 0.25) is 0 Å². The molecule has 0 radical (unpaired) electrons. The van der Waals surface area contributed by atoms with Crippen molar-refractivity contribution in [2.24, 2.45) is 5.92 Å². The van der Waals surface area contributed by atoms with Crippen molar-refractivity contribution in [2.75, 3.05) is 33.9 Å². The number of ether oxygens (including phenoxy) is 2. The van der Waals surface area contributed by atoms with Gasteiger partial charge < -0.3 is 19.7 Å². The zero-order valence-electron chi connectivity index (χ0n) is 16.6. The fraction of sp³-hybridized carbons (Fsp3) is 0.600. The molecule has 146 valence electrons. The van der Waals surface area contributed by atoms with Crippen LogP contribution in [-0.4, -0.2) is 50.6 Å². The molecule has 1 atom stereocenters. The third-order valence-electron chi connectivity index (χ3n) is 4.36. The molecule has 0 spiro atoms. The van der Waals surface area contributed by atoms with Crippen LogP contribution in [0.1, 0.15) is 39.2 Å². The lowest BCUT2D eigenvalue weighted by Crippen LogP contribution is -2.33. The second kappa shape index (κ2) is 11.4. The standard InChI is InChI=1S/C20H32N2O4/c1-6-22(7-2)20(24)13-15(3)12-19(23)21-11-10-16-8-9-17(25-4)18(14-16)26-5/h8-9,14-15H,6-7,10-13H2,1-5H3,(H,21,23)/t15-/m0/s1. The van der Waals surface area contributed by atoms with Gasteiger partial charge >= 0.3 is 0 Å². The molecule has 1 rings (SSSR count). The summed E-state index contributed by atoms with van der Waals surface area (Å²) in [5.74, 6) is 1.49. The molecule has 0 aliphatic carbocycles. The molecular weight excluding hydrogens is 332 g/mol. The third-order valence-corrected chi connectivity index (χ3v) is 4.36. The number of benzene rings is 1. The van der Waals surface area contributed by atoms with Gasteiger partial charge in [-0.05, 0) is 43.9 Å². The van der Waals surface area contributed by atoms with Crippen LogP contribution in [0.3, 0.4) is 0 Å². The molecule has 0 aromatic heterocycles. The van der Waals surface area contributed by atoms with E-state index in [1.165, 1.54) is 0 Å². The van der Waals surface area contributed by atoms with Gasteiger partial charge in [0.25, 0.3) is 0 Å². The van der Waals surface area contributed by atoms with E-state index in [0.717, 1.165) is 5.56 Å². The van der Waals surface area contributed by atoms with Gasteiger partial charge in [-0.15, -0.1) is 0 Å². The van der Waals surface area contributed by atoms with E-state index in [1.807, 2.05) is 39.0 Å². The van der Waals surface area contributed by atoms with Gasteiger partial charge in [0.05, 0.1) is 14.2 Å². The quantitative estimate of drug-likeness (QED) is 0.655. The normalized spacial score (nSPS) is 11.6. The number of carbonyl (C=O) groups is 2. The molecule has 0 bridgehead atoms. The highest BCUT2D eigenvalue weighted by Crippen LogP contribution is 2.27. The molecule has 0 saturated heterocycles. The van der Waals surface area contributed by atoms with Gasteiger partial charge in [-0.2, -0.15) is 0 Å². The number of hydrogen-bond acceptors (Lipinski definition) is 4. The van der Waals surface area contributed by atoms with Gasteiger partial charge in [0.15, 0.2) is 11.5 Å². The Bertz CT molecular complexity index is 585. The SMILES string of the molecule is CCN(CC)C(=O)C[C@@H](C)CC(=O)NCCc1ccc(OC)c(OC)c1. The Morgan fingerprint density at radius 2 is 1.73 bits per heavy atom. The van der Waals surface area contributed by atoms with Crippen LogP contribution in [-0.2, 0) is 16.0 Å².